The molecule has 2 rings (SSSR count). The van der Waals surface area contributed by atoms with Crippen molar-refractivity contribution >= 4 is 29.3 Å². The minimum absolute atomic E-state index is 0.116. The number of ether oxygens (including phenoxy) is 1. The first-order chi connectivity index (χ1) is 8.68. The topological polar surface area (TPSA) is 42.4 Å². The number of aromatic nitrogens is 1. The van der Waals surface area contributed by atoms with Gasteiger partial charge in [-0.2, -0.15) is 0 Å². The zero-order chi connectivity index (χ0) is 13.0. The molecule has 0 spiro atoms. The van der Waals surface area contributed by atoms with Crippen LogP contribution in [0.15, 0.2) is 23.4 Å². The average molecular weight is 287 g/mol. The maximum atomic E-state index is 12.2. The normalized spacial score (nSPS) is 17.6. The summed E-state index contributed by atoms with van der Waals surface area (Å²) in [6.07, 6.45) is 1.68. The molecular formula is C12H15ClN2O2S. The lowest BCUT2D eigenvalue weighted by Crippen LogP contribution is -2.44. The van der Waals surface area contributed by atoms with E-state index in [9.17, 15) is 4.79 Å². The molecule has 1 aliphatic heterocycles. The van der Waals surface area contributed by atoms with Gasteiger partial charge in [-0.25, -0.2) is 4.98 Å². The summed E-state index contributed by atoms with van der Waals surface area (Å²) in [5.74, 6) is 0.116. The van der Waals surface area contributed by atoms with Gasteiger partial charge in [0.15, 0.2) is 0 Å². The van der Waals surface area contributed by atoms with Crippen molar-refractivity contribution in [2.75, 3.05) is 26.3 Å². The molecule has 0 radical (unpaired) electrons. The zero-order valence-corrected chi connectivity index (χ0v) is 11.7. The third-order valence-electron chi connectivity index (χ3n) is 2.68. The molecule has 1 atom stereocenters. The van der Waals surface area contributed by atoms with E-state index in [4.69, 9.17) is 16.3 Å². The highest BCUT2D eigenvalue weighted by molar-refractivity contribution is 8.00. The van der Waals surface area contributed by atoms with E-state index < -0.39 is 0 Å². The van der Waals surface area contributed by atoms with Gasteiger partial charge in [0.25, 0.3) is 0 Å². The van der Waals surface area contributed by atoms with Crippen molar-refractivity contribution in [3.8, 4) is 0 Å². The van der Waals surface area contributed by atoms with Crippen LogP contribution in [0.5, 0.6) is 0 Å². The van der Waals surface area contributed by atoms with Gasteiger partial charge in [-0.1, -0.05) is 23.4 Å². The number of halogens is 1. The molecular weight excluding hydrogens is 272 g/mol. The van der Waals surface area contributed by atoms with Crippen LogP contribution in [-0.4, -0.2) is 47.3 Å². The fourth-order valence-electron chi connectivity index (χ4n) is 1.72. The molecule has 98 valence electrons. The van der Waals surface area contributed by atoms with Crippen LogP contribution in [0, 0.1) is 0 Å². The third kappa shape index (κ3) is 3.37. The number of nitrogens with zero attached hydrogens (tertiary/aromatic N) is 2. The quantitative estimate of drug-likeness (QED) is 0.798. The smallest absolute Gasteiger partial charge is 0.235 e. The Morgan fingerprint density at radius 3 is 2.94 bits per heavy atom. The van der Waals surface area contributed by atoms with Crippen LogP contribution in [0.25, 0.3) is 0 Å². The summed E-state index contributed by atoms with van der Waals surface area (Å²) < 4.78 is 5.23. The van der Waals surface area contributed by atoms with Crippen molar-refractivity contribution < 1.29 is 9.53 Å². The van der Waals surface area contributed by atoms with Gasteiger partial charge in [-0.15, -0.1) is 0 Å². The second kappa shape index (κ2) is 6.41. The predicted octanol–water partition coefficient (Wildman–Crippen LogP) is 2.07. The summed E-state index contributed by atoms with van der Waals surface area (Å²) >= 11 is 7.43. The van der Waals surface area contributed by atoms with E-state index in [0.29, 0.717) is 36.4 Å². The van der Waals surface area contributed by atoms with Crippen LogP contribution >= 0.6 is 23.4 Å². The summed E-state index contributed by atoms with van der Waals surface area (Å²) in [5.41, 5.74) is 0. The second-order valence-electron chi connectivity index (χ2n) is 3.99. The monoisotopic (exact) mass is 286 g/mol. The molecule has 1 fully saturated rings. The highest BCUT2D eigenvalue weighted by Crippen LogP contribution is 2.28. The minimum Gasteiger partial charge on any atom is -0.378 e. The molecule has 0 unspecified atom stereocenters. The first-order valence-corrected chi connectivity index (χ1v) is 7.08. The Balaban J connectivity index is 1.96. The molecule has 0 saturated carbocycles. The molecule has 6 heteroatoms. The van der Waals surface area contributed by atoms with E-state index in [2.05, 4.69) is 4.98 Å². The molecule has 4 nitrogen and oxygen atoms in total. The van der Waals surface area contributed by atoms with Gasteiger partial charge in [-0.3, -0.25) is 4.79 Å². The van der Waals surface area contributed by atoms with E-state index in [0.717, 1.165) is 0 Å². The lowest BCUT2D eigenvalue weighted by molar-refractivity contribution is -0.134. The summed E-state index contributed by atoms with van der Waals surface area (Å²) in [6.45, 7) is 4.45. The van der Waals surface area contributed by atoms with Crippen molar-refractivity contribution in [1.29, 1.82) is 0 Å². The summed E-state index contributed by atoms with van der Waals surface area (Å²) in [5, 5.41) is 1.10. The standard InChI is InChI=1S/C12H15ClN2O2S/c1-9(12(16)15-5-7-17-8-6-15)18-11-10(13)3-2-4-14-11/h2-4,9H,5-8H2,1H3/t9-/m1/s1. The highest BCUT2D eigenvalue weighted by Gasteiger charge is 2.24. The van der Waals surface area contributed by atoms with Crippen molar-refractivity contribution in [2.45, 2.75) is 17.2 Å². The second-order valence-corrected chi connectivity index (χ2v) is 5.72. The lowest BCUT2D eigenvalue weighted by Gasteiger charge is -2.29. The number of pyridine rings is 1. The zero-order valence-electron chi connectivity index (χ0n) is 10.1. The van der Waals surface area contributed by atoms with E-state index in [1.807, 2.05) is 11.8 Å². The van der Waals surface area contributed by atoms with Crippen LogP contribution in [0.1, 0.15) is 6.92 Å². The van der Waals surface area contributed by atoms with Crippen LogP contribution in [0.2, 0.25) is 5.02 Å². The number of thioether (sulfide) groups is 1. The van der Waals surface area contributed by atoms with Gasteiger partial charge in [0.2, 0.25) is 5.91 Å². The number of hydrogen-bond donors (Lipinski definition) is 0. The number of morpholine rings is 1. The van der Waals surface area contributed by atoms with Crippen molar-refractivity contribution in [2.24, 2.45) is 0 Å². The van der Waals surface area contributed by atoms with Gasteiger partial charge < -0.3 is 9.64 Å². The molecule has 1 aromatic heterocycles. The van der Waals surface area contributed by atoms with Gasteiger partial charge in [0.05, 0.1) is 23.5 Å². The molecule has 0 aromatic carbocycles. The molecule has 0 aliphatic carbocycles. The van der Waals surface area contributed by atoms with Gasteiger partial charge in [0, 0.05) is 19.3 Å². The van der Waals surface area contributed by atoms with E-state index in [1.54, 1.807) is 18.3 Å². The Morgan fingerprint density at radius 1 is 1.56 bits per heavy atom. The first-order valence-electron chi connectivity index (χ1n) is 5.82. The molecule has 1 aliphatic rings. The number of rotatable bonds is 3. The molecule has 2 heterocycles. The van der Waals surface area contributed by atoms with Gasteiger partial charge in [0.1, 0.15) is 5.03 Å². The maximum Gasteiger partial charge on any atom is 0.235 e. The maximum absolute atomic E-state index is 12.2. The third-order valence-corrected chi connectivity index (χ3v) is 4.20. The first kappa shape index (κ1) is 13.6. The average Bonchev–Trinajstić information content (AvgIpc) is 2.41. The van der Waals surface area contributed by atoms with Gasteiger partial charge in [-0.05, 0) is 19.1 Å². The molecule has 1 amide bonds. The number of carbonyl (C=O) groups is 1. The summed E-state index contributed by atoms with van der Waals surface area (Å²) in [6, 6.07) is 3.56. The van der Waals surface area contributed by atoms with Crippen LogP contribution in [-0.2, 0) is 9.53 Å². The summed E-state index contributed by atoms with van der Waals surface area (Å²) in [4.78, 5) is 18.2. The Bertz CT molecular complexity index is 424. The van der Waals surface area contributed by atoms with E-state index in [1.165, 1.54) is 11.8 Å². The highest BCUT2D eigenvalue weighted by atomic mass is 35.5. The minimum atomic E-state index is -0.185. The van der Waals surface area contributed by atoms with Crippen molar-refractivity contribution in [1.82, 2.24) is 9.88 Å². The number of amides is 1. The van der Waals surface area contributed by atoms with Crippen molar-refractivity contribution in [3.63, 3.8) is 0 Å². The molecule has 18 heavy (non-hydrogen) atoms. The Hall–Kier alpha value is -0.780. The molecule has 0 N–H and O–H groups in total. The van der Waals surface area contributed by atoms with Crippen LogP contribution in [0.3, 0.4) is 0 Å². The number of carbonyl (C=O) groups excluding carboxylic acids is 1. The Labute approximate surface area is 116 Å². The fourth-order valence-corrected chi connectivity index (χ4v) is 2.86. The molecule has 1 saturated heterocycles. The molecule has 1 aromatic rings. The van der Waals surface area contributed by atoms with Crippen molar-refractivity contribution in [3.05, 3.63) is 23.4 Å². The largest absolute Gasteiger partial charge is 0.378 e. The van der Waals surface area contributed by atoms with E-state index in [-0.39, 0.29) is 11.2 Å². The fraction of sp³-hybridized carbons (Fsp3) is 0.500. The molecule has 0 bridgehead atoms. The summed E-state index contributed by atoms with van der Waals surface area (Å²) in [7, 11) is 0. The number of hydrogen-bond acceptors (Lipinski definition) is 4. The van der Waals surface area contributed by atoms with Crippen LogP contribution < -0.4 is 0 Å². The lowest BCUT2D eigenvalue weighted by atomic mass is 10.3. The van der Waals surface area contributed by atoms with Crippen LogP contribution in [0.4, 0.5) is 0 Å². The van der Waals surface area contributed by atoms with E-state index >= 15 is 0 Å². The van der Waals surface area contributed by atoms with Gasteiger partial charge >= 0.3 is 0 Å². The Kier molecular flexibility index (Phi) is 4.86. The predicted molar refractivity (Wildman–Crippen MR) is 72.0 cm³/mol. The Morgan fingerprint density at radius 2 is 2.28 bits per heavy atom. The SMILES string of the molecule is C[C@@H](Sc1ncccc1Cl)C(=O)N1CCOCC1.